The van der Waals surface area contributed by atoms with E-state index in [9.17, 15) is 19.2 Å². The van der Waals surface area contributed by atoms with Crippen molar-refractivity contribution in [3.05, 3.63) is 123 Å². The number of fused-ring (bicyclic) bond motifs is 8. The van der Waals surface area contributed by atoms with Crippen LogP contribution >= 0.6 is 0 Å². The van der Waals surface area contributed by atoms with Gasteiger partial charge < -0.3 is 4.74 Å². The predicted octanol–water partition coefficient (Wildman–Crippen LogP) is 6.32. The Morgan fingerprint density at radius 3 is 2.05 bits per heavy atom. The quantitative estimate of drug-likeness (QED) is 0.380. The van der Waals surface area contributed by atoms with Gasteiger partial charge in [-0.15, -0.1) is 0 Å². The van der Waals surface area contributed by atoms with Gasteiger partial charge in [0.2, 0.25) is 0 Å². The Balaban J connectivity index is 1.62. The minimum Gasteiger partial charge on any atom is -0.457 e. The van der Waals surface area contributed by atoms with Crippen LogP contribution in [0.3, 0.4) is 0 Å². The van der Waals surface area contributed by atoms with Crippen molar-refractivity contribution in [1.82, 2.24) is 10.2 Å². The van der Waals surface area contributed by atoms with E-state index >= 15 is 0 Å². The molecule has 3 aromatic rings. The number of carbonyl (C=O) groups is 4. The van der Waals surface area contributed by atoms with E-state index in [-0.39, 0.29) is 28.5 Å². The molecular formula is C35H28N2O5. The van der Waals surface area contributed by atoms with Crippen LogP contribution in [0.25, 0.3) is 5.57 Å². The second-order valence-corrected chi connectivity index (χ2v) is 11.6. The molecule has 1 N–H and O–H groups in total. The fourth-order valence-electron chi connectivity index (χ4n) is 6.91. The summed E-state index contributed by atoms with van der Waals surface area (Å²) in [6, 6.07) is 14.7. The Bertz CT molecular complexity index is 1910. The van der Waals surface area contributed by atoms with Gasteiger partial charge in [0.1, 0.15) is 11.5 Å². The molecule has 7 rings (SSSR count). The fraction of sp³-hybridized carbons (Fsp3) is 0.200. The molecule has 3 aromatic carbocycles. The van der Waals surface area contributed by atoms with Crippen molar-refractivity contribution in [1.29, 1.82) is 0 Å². The van der Waals surface area contributed by atoms with Crippen molar-refractivity contribution >= 4 is 29.2 Å². The second-order valence-electron chi connectivity index (χ2n) is 11.6. The van der Waals surface area contributed by atoms with E-state index in [1.807, 2.05) is 70.2 Å². The van der Waals surface area contributed by atoms with Crippen LogP contribution in [0, 0.1) is 0 Å². The summed E-state index contributed by atoms with van der Waals surface area (Å²) in [4.78, 5) is 54.4. The van der Waals surface area contributed by atoms with Crippen LogP contribution in [0.1, 0.15) is 97.8 Å². The van der Waals surface area contributed by atoms with E-state index < -0.39 is 22.8 Å². The summed E-state index contributed by atoms with van der Waals surface area (Å²) >= 11 is 0. The Labute approximate surface area is 243 Å². The number of imide groups is 2. The van der Waals surface area contributed by atoms with Gasteiger partial charge in [-0.2, -0.15) is 0 Å². The van der Waals surface area contributed by atoms with Gasteiger partial charge >= 0.3 is 0 Å². The first-order chi connectivity index (χ1) is 20.1. The summed E-state index contributed by atoms with van der Waals surface area (Å²) in [6.07, 6.45) is 6.37. The first-order valence-electron chi connectivity index (χ1n) is 14.0. The lowest BCUT2D eigenvalue weighted by Crippen LogP contribution is -2.47. The normalized spacial score (nSPS) is 20.0. The summed E-state index contributed by atoms with van der Waals surface area (Å²) in [6.45, 7) is 11.8. The van der Waals surface area contributed by atoms with Crippen molar-refractivity contribution in [3.63, 3.8) is 0 Å². The zero-order chi connectivity index (χ0) is 29.7. The molecule has 3 aliphatic heterocycles. The van der Waals surface area contributed by atoms with Gasteiger partial charge in [-0.1, -0.05) is 56.0 Å². The third kappa shape index (κ3) is 3.00. The minimum absolute atomic E-state index is 0.229. The van der Waals surface area contributed by atoms with Gasteiger partial charge in [-0.25, -0.2) is 0 Å². The molecule has 208 valence electrons. The predicted molar refractivity (Wildman–Crippen MR) is 158 cm³/mol. The summed E-state index contributed by atoms with van der Waals surface area (Å²) in [5, 5.41) is 2.38. The lowest BCUT2D eigenvalue weighted by molar-refractivity contribution is 0.0473. The van der Waals surface area contributed by atoms with Gasteiger partial charge in [0, 0.05) is 16.7 Å². The van der Waals surface area contributed by atoms with E-state index in [2.05, 4.69) is 11.9 Å². The number of benzene rings is 3. The van der Waals surface area contributed by atoms with E-state index in [4.69, 9.17) is 4.74 Å². The Morgan fingerprint density at radius 1 is 0.857 bits per heavy atom. The average Bonchev–Trinajstić information content (AvgIpc) is 3.51. The van der Waals surface area contributed by atoms with Crippen molar-refractivity contribution in [2.75, 3.05) is 0 Å². The number of nitrogens with one attached hydrogen (secondary N) is 1. The van der Waals surface area contributed by atoms with Crippen LogP contribution < -0.4 is 10.1 Å². The molecular weight excluding hydrogens is 528 g/mol. The molecule has 0 saturated heterocycles. The third-order valence-electron chi connectivity index (χ3n) is 9.17. The van der Waals surface area contributed by atoms with Crippen LogP contribution in [0.15, 0.2) is 78.9 Å². The van der Waals surface area contributed by atoms with Crippen LogP contribution in [-0.2, 0) is 5.41 Å². The molecule has 0 bridgehead atoms. The molecule has 7 nitrogen and oxygen atoms in total. The van der Waals surface area contributed by atoms with Crippen molar-refractivity contribution < 1.29 is 23.9 Å². The summed E-state index contributed by atoms with van der Waals surface area (Å²) < 4.78 is 6.49. The number of amides is 4. The van der Waals surface area contributed by atoms with Crippen LogP contribution in [-0.4, -0.2) is 34.1 Å². The highest BCUT2D eigenvalue weighted by Gasteiger charge is 2.54. The van der Waals surface area contributed by atoms with Gasteiger partial charge in [0.25, 0.3) is 23.6 Å². The van der Waals surface area contributed by atoms with Crippen LogP contribution in [0.4, 0.5) is 0 Å². The molecule has 0 saturated carbocycles. The van der Waals surface area contributed by atoms with Gasteiger partial charge in [0.05, 0.1) is 27.7 Å². The highest BCUT2D eigenvalue weighted by atomic mass is 16.5. The molecule has 3 heterocycles. The SMILES string of the molecule is C=CC1=C(/C=C\C)C2(c3cc4c(cc3Oc3cc5c(cc32)C(=O)N(C(C)(C)CC)C5=O)C(=O)NC4=O)c2ccccc21. The standard InChI is InChI=1S/C35H28N2O5/c1-6-11-24-18(7-2)19-12-9-10-13-25(19)35(24)26-14-20-21(31(39)36-30(20)38)16-28(26)42-29-17-23-22(15-27(29)35)32(40)37(33(23)41)34(4,5)8-3/h6-7,9-17H,2,8H2,1,3-5H3,(H,36,38,39)/b11-6-. The number of rotatable bonds is 4. The largest absolute Gasteiger partial charge is 0.457 e. The van der Waals surface area contributed by atoms with E-state index in [1.165, 1.54) is 4.90 Å². The van der Waals surface area contributed by atoms with Gasteiger partial charge in [-0.3, -0.25) is 29.4 Å². The number of allylic oxidation sites excluding steroid dienone is 5. The number of ether oxygens (including phenoxy) is 1. The number of carbonyl (C=O) groups excluding carboxylic acids is 4. The molecule has 0 radical (unpaired) electrons. The molecule has 7 heteroatoms. The van der Waals surface area contributed by atoms with Gasteiger partial charge in [0.15, 0.2) is 0 Å². The van der Waals surface area contributed by atoms with Crippen LogP contribution in [0.5, 0.6) is 11.5 Å². The summed E-state index contributed by atoms with van der Waals surface area (Å²) in [5.41, 5.74) is 4.38. The molecule has 4 aliphatic rings. The van der Waals surface area contributed by atoms with Gasteiger partial charge in [-0.05, 0) is 73.7 Å². The molecule has 1 unspecified atom stereocenters. The molecule has 42 heavy (non-hydrogen) atoms. The Hall–Kier alpha value is -5.04. The third-order valence-corrected chi connectivity index (χ3v) is 9.17. The molecule has 1 aliphatic carbocycles. The summed E-state index contributed by atoms with van der Waals surface area (Å²) in [5.74, 6) is -0.874. The van der Waals surface area contributed by atoms with Crippen molar-refractivity contribution in [3.8, 4) is 11.5 Å². The fourth-order valence-corrected chi connectivity index (χ4v) is 6.91. The number of hydrogen-bond acceptors (Lipinski definition) is 5. The maximum Gasteiger partial charge on any atom is 0.262 e. The molecule has 0 aromatic heterocycles. The Morgan fingerprint density at radius 2 is 1.43 bits per heavy atom. The average molecular weight is 557 g/mol. The number of hydrogen-bond donors (Lipinski definition) is 1. The first kappa shape index (κ1) is 25.9. The number of nitrogens with zero attached hydrogens (tertiary/aromatic N) is 1. The maximum atomic E-state index is 13.9. The lowest BCUT2D eigenvalue weighted by Gasteiger charge is -2.40. The van der Waals surface area contributed by atoms with E-state index in [0.717, 1.165) is 22.3 Å². The zero-order valence-electron chi connectivity index (χ0n) is 23.8. The highest BCUT2D eigenvalue weighted by Crippen LogP contribution is 2.62. The molecule has 1 atom stereocenters. The second kappa shape index (κ2) is 8.49. The monoisotopic (exact) mass is 556 g/mol. The van der Waals surface area contributed by atoms with Crippen LogP contribution in [0.2, 0.25) is 0 Å². The smallest absolute Gasteiger partial charge is 0.262 e. The van der Waals surface area contributed by atoms with E-state index in [0.29, 0.717) is 34.6 Å². The highest BCUT2D eigenvalue weighted by molar-refractivity contribution is 6.23. The van der Waals surface area contributed by atoms with E-state index in [1.54, 1.807) is 24.3 Å². The first-order valence-corrected chi connectivity index (χ1v) is 14.0. The lowest BCUT2D eigenvalue weighted by atomic mass is 9.64. The van der Waals surface area contributed by atoms with Crippen molar-refractivity contribution in [2.24, 2.45) is 0 Å². The maximum absolute atomic E-state index is 13.9. The zero-order valence-corrected chi connectivity index (χ0v) is 23.8. The van der Waals surface area contributed by atoms with Crippen molar-refractivity contribution in [2.45, 2.75) is 45.1 Å². The topological polar surface area (TPSA) is 92.8 Å². The summed E-state index contributed by atoms with van der Waals surface area (Å²) in [7, 11) is 0. The minimum atomic E-state index is -1.03. The molecule has 1 spiro atoms. The molecule has 0 fully saturated rings. The Kier molecular flexibility index (Phi) is 5.23. The molecule has 4 amide bonds.